The van der Waals surface area contributed by atoms with E-state index in [1.807, 2.05) is 39.0 Å². The molecule has 1 aliphatic carbocycles. The molecule has 0 heterocycles. The largest absolute Gasteiger partial charge is 0.348 e. The van der Waals surface area contributed by atoms with Crippen molar-refractivity contribution in [2.75, 3.05) is 10.6 Å². The molecule has 2 aromatic rings. The van der Waals surface area contributed by atoms with Gasteiger partial charge < -0.3 is 5.32 Å². The van der Waals surface area contributed by atoms with Gasteiger partial charge in [0.05, 0.1) is 18.0 Å². The second kappa shape index (κ2) is 8.80. The first-order chi connectivity index (χ1) is 14.1. The van der Waals surface area contributed by atoms with Crippen LogP contribution in [0.2, 0.25) is 0 Å². The zero-order valence-electron chi connectivity index (χ0n) is 18.5. The first kappa shape index (κ1) is 22.3. The van der Waals surface area contributed by atoms with Crippen LogP contribution in [0.25, 0.3) is 0 Å². The van der Waals surface area contributed by atoms with Crippen molar-refractivity contribution in [1.82, 2.24) is 5.32 Å². The number of fused-ring (bicyclic) bond motifs is 1. The Bertz CT molecular complexity index is 1050. The maximum absolute atomic E-state index is 13.1. The maximum Gasteiger partial charge on any atom is 0.244 e. The molecule has 2 aromatic carbocycles. The van der Waals surface area contributed by atoms with E-state index in [0.29, 0.717) is 5.69 Å². The van der Waals surface area contributed by atoms with Gasteiger partial charge in [0.2, 0.25) is 15.9 Å². The van der Waals surface area contributed by atoms with E-state index in [1.165, 1.54) is 28.3 Å². The highest BCUT2D eigenvalue weighted by Gasteiger charge is 2.31. The van der Waals surface area contributed by atoms with E-state index in [1.54, 1.807) is 6.92 Å². The van der Waals surface area contributed by atoms with Crippen LogP contribution in [0.4, 0.5) is 5.69 Å². The van der Waals surface area contributed by atoms with Gasteiger partial charge in [-0.1, -0.05) is 30.3 Å². The fraction of sp³-hybridized carbons (Fsp3) is 0.458. The Morgan fingerprint density at radius 2 is 1.67 bits per heavy atom. The fourth-order valence-electron chi connectivity index (χ4n) is 4.18. The summed E-state index contributed by atoms with van der Waals surface area (Å²) in [6, 6.07) is 11.0. The van der Waals surface area contributed by atoms with Crippen LogP contribution in [-0.2, 0) is 27.7 Å². The van der Waals surface area contributed by atoms with Crippen LogP contribution >= 0.6 is 0 Å². The molecule has 162 valence electrons. The Balaban J connectivity index is 1.83. The monoisotopic (exact) mass is 428 g/mol. The van der Waals surface area contributed by atoms with E-state index in [-0.39, 0.29) is 11.9 Å². The summed E-state index contributed by atoms with van der Waals surface area (Å²) in [6.07, 6.45) is 5.77. The molecule has 0 unspecified atom stereocenters. The molecule has 0 saturated carbocycles. The van der Waals surface area contributed by atoms with Gasteiger partial charge in [-0.25, -0.2) is 8.42 Å². The number of amides is 1. The van der Waals surface area contributed by atoms with E-state index < -0.39 is 16.1 Å². The zero-order valence-corrected chi connectivity index (χ0v) is 19.3. The van der Waals surface area contributed by atoms with Gasteiger partial charge >= 0.3 is 0 Å². The number of hydrogen-bond donors (Lipinski definition) is 1. The third kappa shape index (κ3) is 4.86. The van der Waals surface area contributed by atoms with Crippen molar-refractivity contribution in [2.45, 2.75) is 65.5 Å². The number of nitrogens with one attached hydrogen (secondary N) is 1. The number of hydrogen-bond acceptors (Lipinski definition) is 3. The Morgan fingerprint density at radius 3 is 2.33 bits per heavy atom. The average molecular weight is 429 g/mol. The van der Waals surface area contributed by atoms with Crippen molar-refractivity contribution >= 4 is 21.6 Å². The molecule has 30 heavy (non-hydrogen) atoms. The highest BCUT2D eigenvalue weighted by Crippen LogP contribution is 2.28. The van der Waals surface area contributed by atoms with Crippen LogP contribution in [0.15, 0.2) is 36.4 Å². The minimum Gasteiger partial charge on any atom is -0.348 e. The van der Waals surface area contributed by atoms with Crippen LogP contribution in [0.1, 0.15) is 60.5 Å². The number of nitrogens with zero attached hydrogens (tertiary/aromatic N) is 1. The van der Waals surface area contributed by atoms with Crippen LogP contribution in [0.3, 0.4) is 0 Å². The van der Waals surface area contributed by atoms with E-state index >= 15 is 0 Å². The summed E-state index contributed by atoms with van der Waals surface area (Å²) in [7, 11) is -3.64. The molecule has 1 amide bonds. The molecule has 1 aliphatic rings. The standard InChI is InChI=1S/C24H32N2O3S/c1-16-10-11-17(2)23(14-16)26(30(5,28)29)19(4)24(27)25-18(3)21-13-12-20-8-6-7-9-22(20)15-21/h10-15,18-19H,6-9H2,1-5H3,(H,25,27)/t18-,19-/m0/s1. The van der Waals surface area contributed by atoms with Gasteiger partial charge in [-0.2, -0.15) is 0 Å². The molecule has 6 heteroatoms. The number of anilines is 1. The molecule has 0 fully saturated rings. The lowest BCUT2D eigenvalue weighted by Gasteiger charge is -2.30. The smallest absolute Gasteiger partial charge is 0.244 e. The Labute approximate surface area is 180 Å². The lowest BCUT2D eigenvalue weighted by atomic mass is 9.89. The summed E-state index contributed by atoms with van der Waals surface area (Å²) in [5.41, 5.74) is 6.11. The van der Waals surface area contributed by atoms with Gasteiger partial charge in [0, 0.05) is 0 Å². The normalized spacial score (nSPS) is 15.8. The molecule has 0 spiro atoms. The molecule has 0 aliphatic heterocycles. The third-order valence-electron chi connectivity index (χ3n) is 5.92. The molecule has 0 saturated heterocycles. The van der Waals surface area contributed by atoms with E-state index in [0.717, 1.165) is 35.8 Å². The molecule has 0 aromatic heterocycles. The van der Waals surface area contributed by atoms with Crippen LogP contribution in [-0.4, -0.2) is 26.6 Å². The minimum absolute atomic E-state index is 0.202. The van der Waals surface area contributed by atoms with Crippen molar-refractivity contribution in [3.63, 3.8) is 0 Å². The van der Waals surface area contributed by atoms with Gasteiger partial charge in [0.15, 0.2) is 0 Å². The minimum atomic E-state index is -3.64. The highest BCUT2D eigenvalue weighted by molar-refractivity contribution is 7.92. The topological polar surface area (TPSA) is 66.5 Å². The van der Waals surface area contributed by atoms with Crippen molar-refractivity contribution < 1.29 is 13.2 Å². The number of carbonyl (C=O) groups is 1. The first-order valence-electron chi connectivity index (χ1n) is 10.6. The molecular formula is C24H32N2O3S. The average Bonchev–Trinajstić information content (AvgIpc) is 2.69. The van der Waals surface area contributed by atoms with Crippen molar-refractivity contribution in [1.29, 1.82) is 0 Å². The number of carbonyl (C=O) groups excluding carboxylic acids is 1. The predicted octanol–water partition coefficient (Wildman–Crippen LogP) is 4.21. The number of aryl methyl sites for hydroxylation is 4. The summed E-state index contributed by atoms with van der Waals surface area (Å²) >= 11 is 0. The molecule has 5 nitrogen and oxygen atoms in total. The fourth-order valence-corrected chi connectivity index (χ4v) is 5.40. The molecule has 0 bridgehead atoms. The molecule has 1 N–H and O–H groups in total. The molecular weight excluding hydrogens is 396 g/mol. The molecule has 0 radical (unpaired) electrons. The predicted molar refractivity (Wildman–Crippen MR) is 122 cm³/mol. The van der Waals surface area contributed by atoms with E-state index in [4.69, 9.17) is 0 Å². The van der Waals surface area contributed by atoms with Crippen molar-refractivity contribution in [2.24, 2.45) is 0 Å². The number of benzene rings is 2. The lowest BCUT2D eigenvalue weighted by Crippen LogP contribution is -2.48. The summed E-state index contributed by atoms with van der Waals surface area (Å²) in [5, 5.41) is 3.01. The molecule has 2 atom stereocenters. The summed E-state index contributed by atoms with van der Waals surface area (Å²) in [4.78, 5) is 13.1. The van der Waals surface area contributed by atoms with E-state index in [9.17, 15) is 13.2 Å². The van der Waals surface area contributed by atoms with Gasteiger partial charge in [0.25, 0.3) is 0 Å². The number of sulfonamides is 1. The van der Waals surface area contributed by atoms with Crippen molar-refractivity contribution in [3.8, 4) is 0 Å². The van der Waals surface area contributed by atoms with Gasteiger partial charge in [-0.3, -0.25) is 9.10 Å². The van der Waals surface area contributed by atoms with E-state index in [2.05, 4.69) is 23.5 Å². The van der Waals surface area contributed by atoms with Gasteiger partial charge in [-0.15, -0.1) is 0 Å². The lowest BCUT2D eigenvalue weighted by molar-refractivity contribution is -0.122. The second-order valence-corrected chi connectivity index (χ2v) is 10.3. The molecule has 3 rings (SSSR count). The second-order valence-electron chi connectivity index (χ2n) is 8.49. The Morgan fingerprint density at radius 1 is 1.00 bits per heavy atom. The van der Waals surface area contributed by atoms with Gasteiger partial charge in [-0.05, 0) is 87.3 Å². The van der Waals surface area contributed by atoms with Crippen LogP contribution in [0.5, 0.6) is 0 Å². The van der Waals surface area contributed by atoms with Gasteiger partial charge in [0.1, 0.15) is 6.04 Å². The SMILES string of the molecule is Cc1ccc(C)c(N([C@@H](C)C(=O)N[C@@H](C)c2ccc3c(c2)CCCC3)S(C)(=O)=O)c1. The Hall–Kier alpha value is -2.34. The van der Waals surface area contributed by atoms with Crippen LogP contribution in [0, 0.1) is 13.8 Å². The zero-order chi connectivity index (χ0) is 22.1. The van der Waals surface area contributed by atoms with Crippen molar-refractivity contribution in [3.05, 3.63) is 64.2 Å². The maximum atomic E-state index is 13.1. The quantitative estimate of drug-likeness (QED) is 0.749. The Kier molecular flexibility index (Phi) is 6.56. The summed E-state index contributed by atoms with van der Waals surface area (Å²) in [5.74, 6) is -0.313. The highest BCUT2D eigenvalue weighted by atomic mass is 32.2. The van der Waals surface area contributed by atoms with Crippen LogP contribution < -0.4 is 9.62 Å². The third-order valence-corrected chi connectivity index (χ3v) is 7.15. The summed E-state index contributed by atoms with van der Waals surface area (Å²) in [6.45, 7) is 7.34. The summed E-state index contributed by atoms with van der Waals surface area (Å²) < 4.78 is 26.4. The first-order valence-corrected chi connectivity index (χ1v) is 12.4. The number of rotatable bonds is 6.